The quantitative estimate of drug-likeness (QED) is 0.134. The van der Waals surface area contributed by atoms with Gasteiger partial charge >= 0.3 is 0 Å². The van der Waals surface area contributed by atoms with Crippen LogP contribution in [0.4, 0.5) is 4.39 Å². The number of rotatable bonds is 1. The van der Waals surface area contributed by atoms with Gasteiger partial charge in [-0.3, -0.25) is 0 Å². The molecule has 0 amide bonds. The maximum Gasteiger partial charge on any atom is 0.224 e. The zero-order valence-electron chi connectivity index (χ0n) is 20.8. The SMILES string of the molecule is Cc1c2ccccc2c2c3ccc(F)cc3n3c4cc(CC(C)(C)C)cc5cc[n+](C)c(c1c23)c54. The summed E-state index contributed by atoms with van der Waals surface area (Å²) in [6, 6.07) is 20.8. The van der Waals surface area contributed by atoms with Crippen LogP contribution in [0.15, 0.2) is 66.9 Å². The first-order valence-electron chi connectivity index (χ1n) is 12.3. The Labute approximate surface area is 203 Å². The Morgan fingerprint density at radius 1 is 0.829 bits per heavy atom. The zero-order valence-corrected chi connectivity index (χ0v) is 20.8. The third kappa shape index (κ3) is 2.72. The van der Waals surface area contributed by atoms with Crippen LogP contribution < -0.4 is 4.57 Å². The Morgan fingerprint density at radius 2 is 1.60 bits per heavy atom. The van der Waals surface area contributed by atoms with Crippen molar-refractivity contribution in [1.82, 2.24) is 4.40 Å². The summed E-state index contributed by atoms with van der Waals surface area (Å²) in [4.78, 5) is 0. The van der Waals surface area contributed by atoms with E-state index in [9.17, 15) is 4.39 Å². The van der Waals surface area contributed by atoms with Crippen molar-refractivity contribution in [3.05, 3.63) is 83.8 Å². The van der Waals surface area contributed by atoms with E-state index in [0.717, 1.165) is 22.8 Å². The van der Waals surface area contributed by atoms with Crippen LogP contribution in [-0.4, -0.2) is 4.40 Å². The van der Waals surface area contributed by atoms with Crippen molar-refractivity contribution in [2.75, 3.05) is 0 Å². The molecule has 172 valence electrons. The standard InChI is InChI=1S/C32H28FN2/c1-18-22-8-6-7-9-23(22)29-24-11-10-21(33)16-25(24)35-26-15-19(17-32(2,3)4)14-20-12-13-34(5)30(28(20)26)27(18)31(29)35/h6-16H,17H2,1-5H3/q+1. The van der Waals surface area contributed by atoms with Gasteiger partial charge in [0.25, 0.3) is 0 Å². The number of halogens is 1. The summed E-state index contributed by atoms with van der Waals surface area (Å²) >= 11 is 0. The lowest BCUT2D eigenvalue weighted by atomic mass is 9.87. The fraction of sp³-hybridized carbons (Fsp3) is 0.219. The van der Waals surface area contributed by atoms with Gasteiger partial charge in [-0.1, -0.05) is 51.1 Å². The molecule has 3 aromatic heterocycles. The van der Waals surface area contributed by atoms with Crippen molar-refractivity contribution in [2.45, 2.75) is 34.1 Å². The maximum absolute atomic E-state index is 14.7. The fourth-order valence-electron chi connectivity index (χ4n) is 6.38. The molecule has 0 unspecified atom stereocenters. The normalized spacial score (nSPS) is 13.0. The third-order valence-electron chi connectivity index (χ3n) is 7.63. The molecule has 0 radical (unpaired) electrons. The molecule has 7 aromatic rings. The molecule has 35 heavy (non-hydrogen) atoms. The molecular weight excluding hydrogens is 431 g/mol. The van der Waals surface area contributed by atoms with Gasteiger partial charge in [-0.2, -0.15) is 0 Å². The fourth-order valence-corrected chi connectivity index (χ4v) is 6.38. The predicted octanol–water partition coefficient (Wildman–Crippen LogP) is 8.00. The van der Waals surface area contributed by atoms with Gasteiger partial charge in [0.15, 0.2) is 6.20 Å². The van der Waals surface area contributed by atoms with Crippen molar-refractivity contribution in [2.24, 2.45) is 12.5 Å². The van der Waals surface area contributed by atoms with Crippen molar-refractivity contribution in [1.29, 1.82) is 0 Å². The second kappa shape index (κ2) is 6.69. The van der Waals surface area contributed by atoms with Gasteiger partial charge in [0.2, 0.25) is 5.52 Å². The third-order valence-corrected chi connectivity index (χ3v) is 7.63. The summed E-state index contributed by atoms with van der Waals surface area (Å²) in [5, 5.41) is 8.51. The van der Waals surface area contributed by atoms with Crippen molar-refractivity contribution >= 4 is 59.8 Å². The molecule has 0 aliphatic rings. The van der Waals surface area contributed by atoms with Gasteiger partial charge in [-0.25, -0.2) is 8.96 Å². The van der Waals surface area contributed by atoms with Crippen LogP contribution in [0.5, 0.6) is 0 Å². The number of hydrogen-bond acceptors (Lipinski definition) is 0. The highest BCUT2D eigenvalue weighted by atomic mass is 19.1. The molecule has 3 heterocycles. The molecule has 3 heteroatoms. The monoisotopic (exact) mass is 459 g/mol. The van der Waals surface area contributed by atoms with Gasteiger partial charge in [0, 0.05) is 16.8 Å². The molecule has 0 bridgehead atoms. The predicted molar refractivity (Wildman–Crippen MR) is 145 cm³/mol. The van der Waals surface area contributed by atoms with Crippen molar-refractivity contribution < 1.29 is 8.96 Å². The lowest BCUT2D eigenvalue weighted by molar-refractivity contribution is -0.643. The number of benzene rings is 4. The molecule has 0 atom stereocenters. The average Bonchev–Trinajstić information content (AvgIpc) is 3.13. The lowest BCUT2D eigenvalue weighted by Gasteiger charge is -2.20. The van der Waals surface area contributed by atoms with E-state index >= 15 is 0 Å². The molecule has 0 aliphatic heterocycles. The van der Waals surface area contributed by atoms with E-state index in [2.05, 4.69) is 92.4 Å². The minimum atomic E-state index is -0.203. The highest BCUT2D eigenvalue weighted by molar-refractivity contribution is 6.32. The number of aryl methyl sites for hydroxylation is 2. The molecule has 2 nitrogen and oxygen atoms in total. The first-order chi connectivity index (χ1) is 16.7. The smallest absolute Gasteiger partial charge is 0.224 e. The summed E-state index contributed by atoms with van der Waals surface area (Å²) in [7, 11) is 2.14. The van der Waals surface area contributed by atoms with Gasteiger partial charge in [0.05, 0.1) is 27.3 Å². The topological polar surface area (TPSA) is 8.29 Å². The zero-order chi connectivity index (χ0) is 24.2. The molecule has 0 saturated heterocycles. The second-order valence-electron chi connectivity index (χ2n) is 11.4. The number of fused-ring (bicyclic) bond motifs is 7. The van der Waals surface area contributed by atoms with E-state index in [0.29, 0.717) is 0 Å². The van der Waals surface area contributed by atoms with E-state index in [4.69, 9.17) is 0 Å². The van der Waals surface area contributed by atoms with Crippen LogP contribution in [0.1, 0.15) is 31.9 Å². The molecular formula is C32H28FN2+. The minimum Gasteiger partial charge on any atom is -0.307 e. The number of aromatic nitrogens is 2. The number of pyridine rings is 2. The molecule has 4 aromatic carbocycles. The van der Waals surface area contributed by atoms with E-state index in [1.165, 1.54) is 54.5 Å². The Balaban J connectivity index is 1.89. The first-order valence-corrected chi connectivity index (χ1v) is 12.3. The Bertz CT molecular complexity index is 1990. The van der Waals surface area contributed by atoms with Gasteiger partial charge < -0.3 is 4.40 Å². The maximum atomic E-state index is 14.7. The summed E-state index contributed by atoms with van der Waals surface area (Å²) < 4.78 is 19.3. The van der Waals surface area contributed by atoms with E-state index in [1.807, 2.05) is 6.07 Å². The molecule has 0 spiro atoms. The molecule has 0 saturated carbocycles. The van der Waals surface area contributed by atoms with Crippen LogP contribution in [0, 0.1) is 18.2 Å². The lowest BCUT2D eigenvalue weighted by Crippen LogP contribution is -2.29. The van der Waals surface area contributed by atoms with Gasteiger partial charge in [-0.05, 0) is 70.3 Å². The Morgan fingerprint density at radius 3 is 2.37 bits per heavy atom. The average molecular weight is 460 g/mol. The van der Waals surface area contributed by atoms with Crippen molar-refractivity contribution in [3.8, 4) is 0 Å². The van der Waals surface area contributed by atoms with E-state index < -0.39 is 0 Å². The molecule has 7 rings (SSSR count). The molecule has 0 aliphatic carbocycles. The van der Waals surface area contributed by atoms with Crippen LogP contribution >= 0.6 is 0 Å². The first kappa shape index (κ1) is 20.6. The van der Waals surface area contributed by atoms with Crippen molar-refractivity contribution in [3.63, 3.8) is 0 Å². The molecule has 0 fully saturated rings. The highest BCUT2D eigenvalue weighted by Crippen LogP contribution is 2.45. The largest absolute Gasteiger partial charge is 0.307 e. The van der Waals surface area contributed by atoms with E-state index in [1.54, 1.807) is 12.1 Å². The van der Waals surface area contributed by atoms with Gasteiger partial charge in [0.1, 0.15) is 12.9 Å². The number of nitrogens with zero attached hydrogens (tertiary/aromatic N) is 2. The van der Waals surface area contributed by atoms with E-state index in [-0.39, 0.29) is 11.2 Å². The van der Waals surface area contributed by atoms with Crippen LogP contribution in [0.2, 0.25) is 0 Å². The summed E-state index contributed by atoms with van der Waals surface area (Å²) in [5.74, 6) is -0.203. The second-order valence-corrected chi connectivity index (χ2v) is 11.4. The van der Waals surface area contributed by atoms with Crippen LogP contribution in [-0.2, 0) is 13.5 Å². The Hall–Kier alpha value is -3.72. The summed E-state index contributed by atoms with van der Waals surface area (Å²) in [5.41, 5.74) is 7.26. The number of hydrogen-bond donors (Lipinski definition) is 0. The highest BCUT2D eigenvalue weighted by Gasteiger charge is 2.26. The Kier molecular flexibility index (Phi) is 3.95. The summed E-state index contributed by atoms with van der Waals surface area (Å²) in [6.07, 6.45) is 3.16. The summed E-state index contributed by atoms with van der Waals surface area (Å²) in [6.45, 7) is 9.07. The molecule has 0 N–H and O–H groups in total. The van der Waals surface area contributed by atoms with Gasteiger partial charge in [-0.15, -0.1) is 0 Å². The van der Waals surface area contributed by atoms with Crippen LogP contribution in [0.3, 0.4) is 0 Å². The van der Waals surface area contributed by atoms with Crippen LogP contribution in [0.25, 0.3) is 59.8 Å². The minimum absolute atomic E-state index is 0.169.